The molecular weight excluding hydrogens is 513 g/mol. The average molecular weight is 537 g/mol. The second-order valence-corrected chi connectivity index (χ2v) is 9.10. The number of rotatable bonds is 12. The van der Waals surface area contributed by atoms with Gasteiger partial charge in [-0.2, -0.15) is 11.8 Å². The molecule has 2 rings (SSSR count). The number of halogens is 3. The molecule has 1 atom stereocenters. The third-order valence-electron chi connectivity index (χ3n) is 4.22. The summed E-state index contributed by atoms with van der Waals surface area (Å²) in [4.78, 5) is 11.4. The standard InChI is InChI=1S/C21H24BrCl2NO4S/c1-3-28-19-9-13(11-25-18(21(26)27)6-7-30-2)8-16(22)20(19)29-12-14-4-5-15(23)10-17(14)24/h4-5,8-10,18,25H,3,6-7,11-12H2,1-2H3,(H,26,27). The third-order valence-corrected chi connectivity index (χ3v) is 6.04. The maximum atomic E-state index is 11.4. The van der Waals surface area contributed by atoms with E-state index in [0.717, 1.165) is 16.9 Å². The van der Waals surface area contributed by atoms with Crippen LogP contribution in [0, 0.1) is 0 Å². The topological polar surface area (TPSA) is 67.8 Å². The molecular formula is C21H24BrCl2NO4S. The maximum Gasteiger partial charge on any atom is 0.320 e. The summed E-state index contributed by atoms with van der Waals surface area (Å²) in [6, 6.07) is 8.39. The first-order valence-electron chi connectivity index (χ1n) is 9.32. The smallest absolute Gasteiger partial charge is 0.320 e. The van der Waals surface area contributed by atoms with E-state index < -0.39 is 12.0 Å². The third kappa shape index (κ3) is 7.54. The van der Waals surface area contributed by atoms with E-state index in [1.807, 2.05) is 31.4 Å². The Morgan fingerprint density at radius 2 is 2.03 bits per heavy atom. The summed E-state index contributed by atoms with van der Waals surface area (Å²) < 4.78 is 12.5. The van der Waals surface area contributed by atoms with Gasteiger partial charge in [0.15, 0.2) is 11.5 Å². The van der Waals surface area contributed by atoms with Gasteiger partial charge in [0.1, 0.15) is 12.6 Å². The molecule has 0 bridgehead atoms. The molecule has 0 saturated heterocycles. The summed E-state index contributed by atoms with van der Waals surface area (Å²) in [7, 11) is 0. The van der Waals surface area contributed by atoms with Gasteiger partial charge in [0.05, 0.1) is 11.1 Å². The molecule has 0 aliphatic carbocycles. The summed E-state index contributed by atoms with van der Waals surface area (Å²) in [5, 5.41) is 13.6. The Morgan fingerprint density at radius 3 is 2.67 bits per heavy atom. The number of ether oxygens (including phenoxy) is 2. The second kappa shape index (κ2) is 12.7. The zero-order valence-electron chi connectivity index (χ0n) is 16.7. The highest BCUT2D eigenvalue weighted by Gasteiger charge is 2.18. The predicted molar refractivity (Wildman–Crippen MR) is 127 cm³/mol. The van der Waals surface area contributed by atoms with Crippen molar-refractivity contribution in [1.29, 1.82) is 0 Å². The summed E-state index contributed by atoms with van der Waals surface area (Å²) >= 11 is 17.3. The van der Waals surface area contributed by atoms with Crippen LogP contribution >= 0.6 is 50.9 Å². The SMILES string of the molecule is CCOc1cc(CNC(CCSC)C(=O)O)cc(Br)c1OCc1ccc(Cl)cc1Cl. The van der Waals surface area contributed by atoms with Crippen LogP contribution in [-0.2, 0) is 17.9 Å². The molecule has 2 aromatic rings. The average Bonchev–Trinajstić information content (AvgIpc) is 2.68. The van der Waals surface area contributed by atoms with E-state index in [0.29, 0.717) is 45.6 Å². The molecule has 0 heterocycles. The first-order chi connectivity index (χ1) is 14.3. The molecule has 9 heteroatoms. The van der Waals surface area contributed by atoms with Crippen molar-refractivity contribution in [1.82, 2.24) is 5.32 Å². The van der Waals surface area contributed by atoms with Crippen molar-refractivity contribution in [3.63, 3.8) is 0 Å². The van der Waals surface area contributed by atoms with E-state index in [1.54, 1.807) is 23.9 Å². The summed E-state index contributed by atoms with van der Waals surface area (Å²) in [6.07, 6.45) is 2.51. The van der Waals surface area contributed by atoms with Crippen molar-refractivity contribution in [3.8, 4) is 11.5 Å². The summed E-state index contributed by atoms with van der Waals surface area (Å²) in [5.41, 5.74) is 1.69. The number of thioether (sulfide) groups is 1. The van der Waals surface area contributed by atoms with Crippen LogP contribution in [0.2, 0.25) is 10.0 Å². The normalized spacial score (nSPS) is 11.9. The number of nitrogens with one attached hydrogen (secondary N) is 1. The van der Waals surface area contributed by atoms with Gasteiger partial charge in [-0.15, -0.1) is 0 Å². The highest BCUT2D eigenvalue weighted by atomic mass is 79.9. The van der Waals surface area contributed by atoms with E-state index in [-0.39, 0.29) is 6.61 Å². The molecule has 1 unspecified atom stereocenters. The fourth-order valence-corrected chi connectivity index (χ4v) is 4.24. The van der Waals surface area contributed by atoms with Gasteiger partial charge in [-0.25, -0.2) is 0 Å². The fraction of sp³-hybridized carbons (Fsp3) is 0.381. The van der Waals surface area contributed by atoms with Crippen LogP contribution in [0.15, 0.2) is 34.8 Å². The molecule has 5 nitrogen and oxygen atoms in total. The lowest BCUT2D eigenvalue weighted by Crippen LogP contribution is -2.36. The van der Waals surface area contributed by atoms with E-state index >= 15 is 0 Å². The summed E-state index contributed by atoms with van der Waals surface area (Å²) in [5.74, 6) is 1.05. The monoisotopic (exact) mass is 535 g/mol. The minimum Gasteiger partial charge on any atom is -0.490 e. The number of carboxylic acids is 1. The minimum absolute atomic E-state index is 0.252. The van der Waals surface area contributed by atoms with Gasteiger partial charge in [0, 0.05) is 22.2 Å². The first-order valence-corrected chi connectivity index (χ1v) is 12.3. The molecule has 0 saturated carbocycles. The lowest BCUT2D eigenvalue weighted by atomic mass is 10.1. The van der Waals surface area contributed by atoms with E-state index in [1.165, 1.54) is 0 Å². The predicted octanol–water partition coefficient (Wildman–Crippen LogP) is 6.03. The molecule has 164 valence electrons. The summed E-state index contributed by atoms with van der Waals surface area (Å²) in [6.45, 7) is 3.00. The quantitative estimate of drug-likeness (QED) is 0.345. The molecule has 0 radical (unpaired) electrons. The van der Waals surface area contributed by atoms with Crippen LogP contribution in [0.5, 0.6) is 11.5 Å². The molecule has 0 aromatic heterocycles. The van der Waals surface area contributed by atoms with E-state index in [2.05, 4.69) is 21.2 Å². The van der Waals surface area contributed by atoms with Crippen LogP contribution < -0.4 is 14.8 Å². The minimum atomic E-state index is -0.854. The number of carboxylic acid groups (broad SMARTS) is 1. The molecule has 30 heavy (non-hydrogen) atoms. The lowest BCUT2D eigenvalue weighted by molar-refractivity contribution is -0.139. The molecule has 0 fully saturated rings. The Labute approximate surface area is 199 Å². The maximum absolute atomic E-state index is 11.4. The van der Waals surface area contributed by atoms with Gasteiger partial charge >= 0.3 is 5.97 Å². The molecule has 0 aliphatic rings. The number of carbonyl (C=O) groups is 1. The van der Waals surface area contributed by atoms with Crippen LogP contribution in [0.25, 0.3) is 0 Å². The van der Waals surface area contributed by atoms with Crippen molar-refractivity contribution < 1.29 is 19.4 Å². The Hall–Kier alpha value is -1.12. The fourth-order valence-electron chi connectivity index (χ4n) is 2.70. The number of hydrogen-bond donors (Lipinski definition) is 2. The Bertz CT molecular complexity index is 869. The van der Waals surface area contributed by atoms with Crippen molar-refractivity contribution in [3.05, 3.63) is 56.0 Å². The van der Waals surface area contributed by atoms with Gasteiger partial charge in [-0.1, -0.05) is 29.3 Å². The number of hydrogen-bond acceptors (Lipinski definition) is 5. The molecule has 2 aromatic carbocycles. The van der Waals surface area contributed by atoms with Crippen molar-refractivity contribution in [2.45, 2.75) is 32.5 Å². The first kappa shape index (κ1) is 25.1. The highest BCUT2D eigenvalue weighted by Crippen LogP contribution is 2.38. The second-order valence-electron chi connectivity index (χ2n) is 6.42. The van der Waals surface area contributed by atoms with Crippen molar-refractivity contribution >= 4 is 56.9 Å². The van der Waals surface area contributed by atoms with E-state index in [9.17, 15) is 9.90 Å². The van der Waals surface area contributed by atoms with Crippen molar-refractivity contribution in [2.75, 3.05) is 18.6 Å². The van der Waals surface area contributed by atoms with Crippen LogP contribution in [-0.4, -0.2) is 35.7 Å². The zero-order valence-corrected chi connectivity index (χ0v) is 20.6. The van der Waals surface area contributed by atoms with Crippen LogP contribution in [0.1, 0.15) is 24.5 Å². The molecule has 0 aliphatic heterocycles. The van der Waals surface area contributed by atoms with E-state index in [4.69, 9.17) is 32.7 Å². The van der Waals surface area contributed by atoms with Gasteiger partial charge in [0.25, 0.3) is 0 Å². The van der Waals surface area contributed by atoms with Gasteiger partial charge in [0.2, 0.25) is 0 Å². The lowest BCUT2D eigenvalue weighted by Gasteiger charge is -2.18. The largest absolute Gasteiger partial charge is 0.490 e. The molecule has 2 N–H and O–H groups in total. The zero-order chi connectivity index (χ0) is 22.1. The van der Waals surface area contributed by atoms with Crippen LogP contribution in [0.3, 0.4) is 0 Å². The number of aliphatic carboxylic acids is 1. The van der Waals surface area contributed by atoms with Crippen molar-refractivity contribution in [2.24, 2.45) is 0 Å². The Kier molecular flexibility index (Phi) is 10.6. The number of benzene rings is 2. The Morgan fingerprint density at radius 1 is 1.27 bits per heavy atom. The molecule has 0 spiro atoms. The Balaban J connectivity index is 2.15. The van der Waals surface area contributed by atoms with Gasteiger partial charge in [-0.3, -0.25) is 4.79 Å². The molecule has 0 amide bonds. The van der Waals surface area contributed by atoms with Gasteiger partial charge < -0.3 is 19.9 Å². The van der Waals surface area contributed by atoms with Gasteiger partial charge in [-0.05, 0) is 71.1 Å². The highest BCUT2D eigenvalue weighted by molar-refractivity contribution is 9.10. The van der Waals surface area contributed by atoms with Crippen LogP contribution in [0.4, 0.5) is 0 Å².